The fourth-order valence-electron chi connectivity index (χ4n) is 2.00. The molecule has 0 radical (unpaired) electrons. The average molecular weight is 267 g/mol. The van der Waals surface area contributed by atoms with Gasteiger partial charge in [0.15, 0.2) is 0 Å². The molecule has 18 heavy (non-hydrogen) atoms. The van der Waals surface area contributed by atoms with Crippen LogP contribution in [-0.4, -0.2) is 23.6 Å². The molecule has 0 amide bonds. The summed E-state index contributed by atoms with van der Waals surface area (Å²) in [5, 5.41) is 1.63. The Kier molecular flexibility index (Phi) is 3.32. The molecular formula is C13H15ClN2O2. The molecule has 1 aromatic carbocycles. The first kappa shape index (κ1) is 12.9. The first-order valence-corrected chi connectivity index (χ1v) is 5.94. The van der Waals surface area contributed by atoms with Crippen molar-refractivity contribution in [3.05, 3.63) is 35.0 Å². The highest BCUT2D eigenvalue weighted by molar-refractivity contribution is 6.31. The van der Waals surface area contributed by atoms with Gasteiger partial charge >= 0.3 is 5.97 Å². The summed E-state index contributed by atoms with van der Waals surface area (Å²) in [4.78, 5) is 14.7. The summed E-state index contributed by atoms with van der Waals surface area (Å²) >= 11 is 5.97. The van der Waals surface area contributed by atoms with E-state index in [1.165, 1.54) is 7.11 Å². The molecule has 2 aromatic rings. The number of H-pyrrole nitrogens is 1. The summed E-state index contributed by atoms with van der Waals surface area (Å²) in [6.45, 7) is 1.65. The van der Waals surface area contributed by atoms with E-state index in [2.05, 4.69) is 4.98 Å². The van der Waals surface area contributed by atoms with Gasteiger partial charge in [0.1, 0.15) is 5.54 Å². The van der Waals surface area contributed by atoms with E-state index in [-0.39, 0.29) is 0 Å². The van der Waals surface area contributed by atoms with Crippen LogP contribution in [0.2, 0.25) is 5.02 Å². The van der Waals surface area contributed by atoms with Crippen LogP contribution in [0.25, 0.3) is 10.9 Å². The Morgan fingerprint density at radius 2 is 2.28 bits per heavy atom. The number of hydrogen-bond acceptors (Lipinski definition) is 3. The summed E-state index contributed by atoms with van der Waals surface area (Å²) in [5.41, 5.74) is 6.84. The molecule has 0 aliphatic rings. The van der Waals surface area contributed by atoms with Crippen molar-refractivity contribution in [2.75, 3.05) is 7.11 Å². The summed E-state index contributed by atoms with van der Waals surface area (Å²) in [7, 11) is 1.33. The third-order valence-corrected chi connectivity index (χ3v) is 3.17. The van der Waals surface area contributed by atoms with Crippen molar-refractivity contribution >= 4 is 28.5 Å². The van der Waals surface area contributed by atoms with Gasteiger partial charge in [-0.15, -0.1) is 0 Å². The molecule has 1 heterocycles. The molecular weight excluding hydrogens is 252 g/mol. The number of halogens is 1. The Balaban J connectivity index is 2.37. The highest BCUT2D eigenvalue weighted by Crippen LogP contribution is 2.25. The molecule has 0 saturated carbocycles. The van der Waals surface area contributed by atoms with Crippen LogP contribution in [0.1, 0.15) is 12.5 Å². The van der Waals surface area contributed by atoms with Crippen LogP contribution < -0.4 is 5.73 Å². The molecule has 0 aliphatic heterocycles. The van der Waals surface area contributed by atoms with Crippen LogP contribution in [0.5, 0.6) is 0 Å². The zero-order valence-electron chi connectivity index (χ0n) is 10.3. The van der Waals surface area contributed by atoms with Crippen LogP contribution in [0.15, 0.2) is 24.4 Å². The molecule has 3 N–H and O–H groups in total. The maximum atomic E-state index is 11.6. The van der Waals surface area contributed by atoms with Crippen LogP contribution in [0.3, 0.4) is 0 Å². The van der Waals surface area contributed by atoms with Crippen molar-refractivity contribution in [2.24, 2.45) is 5.73 Å². The van der Waals surface area contributed by atoms with Crippen LogP contribution in [0.4, 0.5) is 0 Å². The van der Waals surface area contributed by atoms with Crippen molar-refractivity contribution in [3.63, 3.8) is 0 Å². The third-order valence-electron chi connectivity index (χ3n) is 2.94. The second-order valence-electron chi connectivity index (χ2n) is 4.59. The molecule has 0 bridgehead atoms. The standard InChI is InChI=1S/C13H15ClN2O2/c1-13(15,12(17)18-2)6-8-7-16-11-4-3-9(14)5-10(8)11/h3-5,7,16H,6,15H2,1-2H3/t13-/m0/s1. The van der Waals surface area contributed by atoms with Crippen molar-refractivity contribution < 1.29 is 9.53 Å². The fourth-order valence-corrected chi connectivity index (χ4v) is 2.17. The second-order valence-corrected chi connectivity index (χ2v) is 5.03. The van der Waals surface area contributed by atoms with Gasteiger partial charge in [-0.1, -0.05) is 11.6 Å². The van der Waals surface area contributed by atoms with Gasteiger partial charge in [0.2, 0.25) is 0 Å². The van der Waals surface area contributed by atoms with Gasteiger partial charge in [-0.2, -0.15) is 0 Å². The van der Waals surface area contributed by atoms with E-state index in [9.17, 15) is 4.79 Å². The molecule has 0 spiro atoms. The summed E-state index contributed by atoms with van der Waals surface area (Å²) < 4.78 is 4.70. The number of aromatic nitrogens is 1. The molecule has 0 fully saturated rings. The predicted molar refractivity (Wildman–Crippen MR) is 71.6 cm³/mol. The molecule has 1 atom stereocenters. The van der Waals surface area contributed by atoms with Crippen LogP contribution >= 0.6 is 11.6 Å². The lowest BCUT2D eigenvalue weighted by Gasteiger charge is -2.20. The second kappa shape index (κ2) is 4.63. The maximum Gasteiger partial charge on any atom is 0.325 e. The van der Waals surface area contributed by atoms with Crippen molar-refractivity contribution in [1.29, 1.82) is 0 Å². The molecule has 0 saturated heterocycles. The molecule has 5 heteroatoms. The van der Waals surface area contributed by atoms with E-state index in [1.54, 1.807) is 6.92 Å². The number of nitrogens with two attached hydrogens (primary N) is 1. The summed E-state index contributed by atoms with van der Waals surface area (Å²) in [6.07, 6.45) is 2.23. The molecule has 0 unspecified atom stereocenters. The molecule has 96 valence electrons. The van der Waals surface area contributed by atoms with E-state index < -0.39 is 11.5 Å². The minimum Gasteiger partial charge on any atom is -0.468 e. The average Bonchev–Trinajstić information content (AvgIpc) is 2.70. The number of fused-ring (bicyclic) bond motifs is 1. The molecule has 0 aliphatic carbocycles. The third kappa shape index (κ3) is 2.35. The highest BCUT2D eigenvalue weighted by Gasteiger charge is 2.30. The summed E-state index contributed by atoms with van der Waals surface area (Å²) in [5.74, 6) is -0.432. The number of esters is 1. The lowest BCUT2D eigenvalue weighted by molar-refractivity contribution is -0.146. The SMILES string of the molecule is COC(=O)[C@@](C)(N)Cc1c[nH]c2ccc(Cl)cc12. The van der Waals surface area contributed by atoms with Gasteiger partial charge in [-0.3, -0.25) is 4.79 Å². The van der Waals surface area contributed by atoms with E-state index in [0.29, 0.717) is 11.4 Å². The Morgan fingerprint density at radius 1 is 1.56 bits per heavy atom. The first-order chi connectivity index (χ1) is 8.44. The zero-order chi connectivity index (χ0) is 13.3. The van der Waals surface area contributed by atoms with Gasteiger partial charge < -0.3 is 15.5 Å². The van der Waals surface area contributed by atoms with Gasteiger partial charge in [0, 0.05) is 28.5 Å². The topological polar surface area (TPSA) is 68.1 Å². The number of carbonyl (C=O) groups excluding carboxylic acids is 1. The summed E-state index contributed by atoms with van der Waals surface area (Å²) in [6, 6.07) is 5.56. The van der Waals surface area contributed by atoms with Gasteiger partial charge in [-0.25, -0.2) is 0 Å². The van der Waals surface area contributed by atoms with Crippen molar-refractivity contribution in [3.8, 4) is 0 Å². The normalized spacial score (nSPS) is 14.4. The van der Waals surface area contributed by atoms with E-state index >= 15 is 0 Å². The number of ether oxygens (including phenoxy) is 1. The number of aromatic amines is 1. The van der Waals surface area contributed by atoms with Crippen molar-refractivity contribution in [1.82, 2.24) is 4.98 Å². The molecule has 2 rings (SSSR count). The van der Waals surface area contributed by atoms with Crippen molar-refractivity contribution in [2.45, 2.75) is 18.9 Å². The number of hydrogen-bond donors (Lipinski definition) is 2. The fraction of sp³-hybridized carbons (Fsp3) is 0.308. The first-order valence-electron chi connectivity index (χ1n) is 5.57. The van der Waals surface area contributed by atoms with E-state index in [4.69, 9.17) is 22.1 Å². The lowest BCUT2D eigenvalue weighted by Crippen LogP contribution is -2.47. The number of benzene rings is 1. The van der Waals surface area contributed by atoms with Gasteiger partial charge in [0.05, 0.1) is 7.11 Å². The van der Waals surface area contributed by atoms with E-state index in [1.807, 2.05) is 24.4 Å². The molecule has 1 aromatic heterocycles. The number of nitrogens with one attached hydrogen (secondary N) is 1. The Labute approximate surface area is 110 Å². The number of methoxy groups -OCH3 is 1. The monoisotopic (exact) mass is 266 g/mol. The Hall–Kier alpha value is -1.52. The largest absolute Gasteiger partial charge is 0.468 e. The van der Waals surface area contributed by atoms with Gasteiger partial charge in [0.25, 0.3) is 0 Å². The minimum absolute atomic E-state index is 0.389. The predicted octanol–water partition coefficient (Wildman–Crippen LogP) is 2.25. The number of carbonyl (C=O) groups is 1. The Bertz CT molecular complexity index is 590. The maximum absolute atomic E-state index is 11.6. The quantitative estimate of drug-likeness (QED) is 0.838. The van der Waals surface area contributed by atoms with E-state index in [0.717, 1.165) is 16.5 Å². The Morgan fingerprint density at radius 3 is 2.94 bits per heavy atom. The number of rotatable bonds is 3. The van der Waals surface area contributed by atoms with Crippen LogP contribution in [0, 0.1) is 0 Å². The smallest absolute Gasteiger partial charge is 0.325 e. The van der Waals surface area contributed by atoms with Crippen LogP contribution in [-0.2, 0) is 16.0 Å². The molecule has 4 nitrogen and oxygen atoms in total. The lowest BCUT2D eigenvalue weighted by atomic mass is 9.94. The zero-order valence-corrected chi connectivity index (χ0v) is 11.0. The highest BCUT2D eigenvalue weighted by atomic mass is 35.5. The minimum atomic E-state index is -1.05. The van der Waals surface area contributed by atoms with Gasteiger partial charge in [-0.05, 0) is 30.7 Å².